The molecule has 0 aromatic carbocycles. The van der Waals surface area contributed by atoms with Crippen molar-refractivity contribution in [2.45, 2.75) is 6.92 Å². The van der Waals surface area contributed by atoms with Crippen LogP contribution in [0.15, 0.2) is 18.5 Å². The standard InChI is InChI=1S/C7H9NO2/c1-6-3-4-8-5-7(6)10-9-2/h3-5H,1-2H3. The van der Waals surface area contributed by atoms with Gasteiger partial charge in [-0.05, 0) is 18.6 Å². The zero-order chi connectivity index (χ0) is 7.40. The number of aromatic nitrogens is 1. The van der Waals surface area contributed by atoms with Gasteiger partial charge in [0.1, 0.15) is 0 Å². The van der Waals surface area contributed by atoms with Gasteiger partial charge >= 0.3 is 0 Å². The predicted molar refractivity (Wildman–Crippen MR) is 36.6 cm³/mol. The Morgan fingerprint density at radius 1 is 1.50 bits per heavy atom. The van der Waals surface area contributed by atoms with Crippen LogP contribution in [0.2, 0.25) is 0 Å². The van der Waals surface area contributed by atoms with Gasteiger partial charge in [0.05, 0.1) is 13.3 Å². The third-order valence-corrected chi connectivity index (χ3v) is 1.16. The maximum absolute atomic E-state index is 4.77. The fourth-order valence-electron chi connectivity index (χ4n) is 0.627. The largest absolute Gasteiger partial charge is 0.336 e. The van der Waals surface area contributed by atoms with Gasteiger partial charge in [0.25, 0.3) is 0 Å². The molecule has 0 saturated carbocycles. The van der Waals surface area contributed by atoms with E-state index in [0.29, 0.717) is 5.75 Å². The van der Waals surface area contributed by atoms with Crippen LogP contribution in [0, 0.1) is 6.92 Å². The number of hydrogen-bond acceptors (Lipinski definition) is 3. The predicted octanol–water partition coefficient (Wildman–Crippen LogP) is 1.33. The topological polar surface area (TPSA) is 31.4 Å². The van der Waals surface area contributed by atoms with Crippen molar-refractivity contribution in [2.24, 2.45) is 0 Å². The summed E-state index contributed by atoms with van der Waals surface area (Å²) in [6.45, 7) is 1.93. The monoisotopic (exact) mass is 139 g/mol. The lowest BCUT2D eigenvalue weighted by Crippen LogP contribution is -1.92. The highest BCUT2D eigenvalue weighted by molar-refractivity contribution is 5.27. The van der Waals surface area contributed by atoms with E-state index in [1.54, 1.807) is 12.4 Å². The molecule has 1 aromatic rings. The summed E-state index contributed by atoms with van der Waals surface area (Å²) in [5.41, 5.74) is 1.01. The average Bonchev–Trinajstić information content (AvgIpc) is 1.94. The molecule has 0 atom stereocenters. The summed E-state index contributed by atoms with van der Waals surface area (Å²) in [5, 5.41) is 0. The Labute approximate surface area is 59.5 Å². The van der Waals surface area contributed by atoms with Gasteiger partial charge in [0, 0.05) is 6.20 Å². The molecular weight excluding hydrogens is 130 g/mol. The first kappa shape index (κ1) is 7.02. The Balaban J connectivity index is 2.81. The molecule has 0 aliphatic carbocycles. The van der Waals surface area contributed by atoms with Crippen molar-refractivity contribution in [1.29, 1.82) is 0 Å². The molecule has 1 aromatic heterocycles. The summed E-state index contributed by atoms with van der Waals surface area (Å²) in [6.07, 6.45) is 3.32. The molecule has 0 N–H and O–H groups in total. The highest BCUT2D eigenvalue weighted by atomic mass is 17.2. The molecule has 1 rings (SSSR count). The summed E-state index contributed by atoms with van der Waals surface area (Å²) in [5.74, 6) is 0.657. The maximum Gasteiger partial charge on any atom is 0.186 e. The van der Waals surface area contributed by atoms with Crippen LogP contribution in [-0.4, -0.2) is 12.1 Å². The summed E-state index contributed by atoms with van der Waals surface area (Å²) in [6, 6.07) is 1.86. The molecule has 0 spiro atoms. The first-order valence-electron chi connectivity index (χ1n) is 2.96. The van der Waals surface area contributed by atoms with Gasteiger partial charge in [0.15, 0.2) is 5.75 Å². The Bertz CT molecular complexity index is 213. The van der Waals surface area contributed by atoms with Gasteiger partial charge in [-0.25, -0.2) is 0 Å². The molecule has 0 radical (unpaired) electrons. The molecule has 10 heavy (non-hydrogen) atoms. The van der Waals surface area contributed by atoms with Crippen molar-refractivity contribution < 1.29 is 9.78 Å². The van der Waals surface area contributed by atoms with Crippen LogP contribution in [0.4, 0.5) is 0 Å². The molecule has 0 fully saturated rings. The summed E-state index contributed by atoms with van der Waals surface area (Å²) >= 11 is 0. The number of rotatable bonds is 2. The quantitative estimate of drug-likeness (QED) is 0.457. The molecule has 1 heterocycles. The van der Waals surface area contributed by atoms with Crippen LogP contribution in [0.25, 0.3) is 0 Å². The second-order valence-corrected chi connectivity index (χ2v) is 1.89. The maximum atomic E-state index is 4.77. The minimum atomic E-state index is 0.657. The van der Waals surface area contributed by atoms with Gasteiger partial charge in [-0.2, -0.15) is 4.89 Å². The van der Waals surface area contributed by atoms with E-state index in [-0.39, 0.29) is 0 Å². The third-order valence-electron chi connectivity index (χ3n) is 1.16. The Morgan fingerprint density at radius 2 is 2.30 bits per heavy atom. The smallest absolute Gasteiger partial charge is 0.186 e. The second-order valence-electron chi connectivity index (χ2n) is 1.89. The fraction of sp³-hybridized carbons (Fsp3) is 0.286. The Kier molecular flexibility index (Phi) is 2.23. The first-order valence-corrected chi connectivity index (χ1v) is 2.96. The van der Waals surface area contributed by atoms with Crippen molar-refractivity contribution in [3.8, 4) is 5.75 Å². The molecule has 3 heteroatoms. The molecule has 3 nitrogen and oxygen atoms in total. The van der Waals surface area contributed by atoms with E-state index in [9.17, 15) is 0 Å². The molecule has 54 valence electrons. The van der Waals surface area contributed by atoms with E-state index in [1.165, 1.54) is 7.11 Å². The highest BCUT2D eigenvalue weighted by Gasteiger charge is 1.96. The molecular formula is C7H9NO2. The van der Waals surface area contributed by atoms with Crippen LogP contribution in [0.3, 0.4) is 0 Å². The number of aryl methyl sites for hydroxylation is 1. The van der Waals surface area contributed by atoms with Crippen LogP contribution in [0.1, 0.15) is 5.56 Å². The van der Waals surface area contributed by atoms with Crippen LogP contribution in [0.5, 0.6) is 5.75 Å². The van der Waals surface area contributed by atoms with Gasteiger partial charge < -0.3 is 4.89 Å². The van der Waals surface area contributed by atoms with Crippen molar-refractivity contribution in [2.75, 3.05) is 7.11 Å². The summed E-state index contributed by atoms with van der Waals surface area (Å²) in [7, 11) is 1.46. The minimum Gasteiger partial charge on any atom is -0.336 e. The fourth-order valence-corrected chi connectivity index (χ4v) is 0.627. The molecule has 0 aliphatic rings. The normalized spacial score (nSPS) is 9.40. The van der Waals surface area contributed by atoms with Crippen molar-refractivity contribution in [1.82, 2.24) is 4.98 Å². The number of hydrogen-bond donors (Lipinski definition) is 0. The molecule has 0 aliphatic heterocycles. The van der Waals surface area contributed by atoms with Crippen molar-refractivity contribution in [3.05, 3.63) is 24.0 Å². The van der Waals surface area contributed by atoms with E-state index in [4.69, 9.17) is 4.89 Å². The van der Waals surface area contributed by atoms with Gasteiger partial charge in [0.2, 0.25) is 0 Å². The van der Waals surface area contributed by atoms with E-state index in [1.807, 2.05) is 13.0 Å². The summed E-state index contributed by atoms with van der Waals surface area (Å²) in [4.78, 5) is 13.1. The van der Waals surface area contributed by atoms with E-state index in [2.05, 4.69) is 9.87 Å². The lowest BCUT2D eigenvalue weighted by Gasteiger charge is -2.01. The van der Waals surface area contributed by atoms with Crippen molar-refractivity contribution in [3.63, 3.8) is 0 Å². The minimum absolute atomic E-state index is 0.657. The Hall–Kier alpha value is -1.09. The van der Waals surface area contributed by atoms with Crippen molar-refractivity contribution >= 4 is 0 Å². The number of nitrogens with zero attached hydrogens (tertiary/aromatic N) is 1. The molecule has 0 bridgehead atoms. The van der Waals surface area contributed by atoms with Crippen LogP contribution in [-0.2, 0) is 4.89 Å². The highest BCUT2D eigenvalue weighted by Crippen LogP contribution is 2.13. The SMILES string of the molecule is COOc1cnccc1C. The van der Waals surface area contributed by atoms with E-state index >= 15 is 0 Å². The van der Waals surface area contributed by atoms with Gasteiger partial charge in [-0.3, -0.25) is 4.98 Å². The van der Waals surface area contributed by atoms with Gasteiger partial charge in [-0.1, -0.05) is 0 Å². The molecule has 0 saturated heterocycles. The third kappa shape index (κ3) is 1.45. The lowest BCUT2D eigenvalue weighted by molar-refractivity contribution is -0.178. The Morgan fingerprint density at radius 3 is 2.90 bits per heavy atom. The summed E-state index contributed by atoms with van der Waals surface area (Å²) < 4.78 is 0. The lowest BCUT2D eigenvalue weighted by atomic mass is 10.3. The first-order chi connectivity index (χ1) is 4.84. The number of pyridine rings is 1. The molecule has 0 unspecified atom stereocenters. The van der Waals surface area contributed by atoms with Crippen LogP contribution < -0.4 is 4.89 Å². The molecule has 0 amide bonds. The second kappa shape index (κ2) is 3.17. The van der Waals surface area contributed by atoms with Gasteiger partial charge in [-0.15, -0.1) is 0 Å². The van der Waals surface area contributed by atoms with E-state index < -0.39 is 0 Å². The van der Waals surface area contributed by atoms with Crippen LogP contribution >= 0.6 is 0 Å². The average molecular weight is 139 g/mol. The zero-order valence-electron chi connectivity index (χ0n) is 6.00. The van der Waals surface area contributed by atoms with E-state index in [0.717, 1.165) is 5.56 Å². The zero-order valence-corrected chi connectivity index (χ0v) is 6.00.